The minimum absolute atomic E-state index is 0.00587. The lowest BCUT2D eigenvalue weighted by Gasteiger charge is -2.09. The first-order chi connectivity index (χ1) is 9.79. The topological polar surface area (TPSA) is 102 Å². The smallest absolute Gasteiger partial charge is 0.263 e. The quantitative estimate of drug-likeness (QED) is 0.829. The number of sulfonamides is 1. The SMILES string of the molecule is NC(=O)c1cccc(NS(=O)(=O)c2cnc(Cl)c(Cl)c2)c1. The molecule has 0 bridgehead atoms. The van der Waals surface area contributed by atoms with Crippen molar-refractivity contribution >= 4 is 44.8 Å². The molecule has 0 fully saturated rings. The average molecular weight is 346 g/mol. The fraction of sp³-hybridized carbons (Fsp3) is 0. The Hall–Kier alpha value is -1.83. The van der Waals surface area contributed by atoms with Crippen molar-refractivity contribution in [3.05, 3.63) is 52.3 Å². The van der Waals surface area contributed by atoms with E-state index in [1.54, 1.807) is 0 Å². The van der Waals surface area contributed by atoms with E-state index in [1.165, 1.54) is 30.3 Å². The number of primary amides is 1. The van der Waals surface area contributed by atoms with Crippen molar-refractivity contribution in [3.63, 3.8) is 0 Å². The number of carbonyl (C=O) groups excluding carboxylic acids is 1. The van der Waals surface area contributed by atoms with Crippen LogP contribution in [0.2, 0.25) is 10.2 Å². The molecule has 0 spiro atoms. The summed E-state index contributed by atoms with van der Waals surface area (Å²) in [5.41, 5.74) is 5.51. The molecule has 0 aliphatic rings. The van der Waals surface area contributed by atoms with Crippen LogP contribution in [0.15, 0.2) is 41.4 Å². The van der Waals surface area contributed by atoms with Gasteiger partial charge in [0.1, 0.15) is 10.0 Å². The van der Waals surface area contributed by atoms with E-state index in [-0.39, 0.29) is 26.3 Å². The Labute approximate surface area is 130 Å². The predicted molar refractivity (Wildman–Crippen MR) is 80.0 cm³/mol. The molecule has 0 saturated carbocycles. The highest BCUT2D eigenvalue weighted by Crippen LogP contribution is 2.23. The number of hydrogen-bond donors (Lipinski definition) is 2. The molecule has 0 radical (unpaired) electrons. The van der Waals surface area contributed by atoms with E-state index >= 15 is 0 Å². The highest BCUT2D eigenvalue weighted by molar-refractivity contribution is 7.92. The minimum atomic E-state index is -3.90. The summed E-state index contributed by atoms with van der Waals surface area (Å²) >= 11 is 11.4. The van der Waals surface area contributed by atoms with Gasteiger partial charge in [0.25, 0.3) is 10.0 Å². The summed E-state index contributed by atoms with van der Waals surface area (Å²) in [5, 5.41) is 0.0248. The minimum Gasteiger partial charge on any atom is -0.366 e. The molecule has 0 unspecified atom stereocenters. The number of aromatic nitrogens is 1. The number of nitrogens with zero attached hydrogens (tertiary/aromatic N) is 1. The first-order valence-electron chi connectivity index (χ1n) is 5.53. The summed E-state index contributed by atoms with van der Waals surface area (Å²) < 4.78 is 26.7. The Morgan fingerprint density at radius 2 is 1.95 bits per heavy atom. The number of rotatable bonds is 4. The standard InChI is InChI=1S/C12H9Cl2N3O3S/c13-10-5-9(6-16-11(10)14)21(19,20)17-8-3-1-2-7(4-8)12(15)18/h1-6,17H,(H2,15,18). The zero-order valence-electron chi connectivity index (χ0n) is 10.4. The highest BCUT2D eigenvalue weighted by atomic mass is 35.5. The Morgan fingerprint density at radius 3 is 2.57 bits per heavy atom. The van der Waals surface area contributed by atoms with Gasteiger partial charge in [-0.2, -0.15) is 0 Å². The van der Waals surface area contributed by atoms with Crippen LogP contribution >= 0.6 is 23.2 Å². The first kappa shape index (κ1) is 15.6. The number of nitrogens with two attached hydrogens (primary N) is 1. The Morgan fingerprint density at radius 1 is 1.24 bits per heavy atom. The molecule has 6 nitrogen and oxygen atoms in total. The molecule has 2 rings (SSSR count). The number of carbonyl (C=O) groups is 1. The van der Waals surface area contributed by atoms with Crippen LogP contribution < -0.4 is 10.5 Å². The number of nitrogens with one attached hydrogen (secondary N) is 1. The molecule has 3 N–H and O–H groups in total. The van der Waals surface area contributed by atoms with Crippen molar-refractivity contribution in [1.82, 2.24) is 4.98 Å². The lowest BCUT2D eigenvalue weighted by Crippen LogP contribution is -2.15. The van der Waals surface area contributed by atoms with Gasteiger partial charge in [-0.15, -0.1) is 0 Å². The maximum absolute atomic E-state index is 12.2. The molecule has 1 aromatic carbocycles. The van der Waals surface area contributed by atoms with Gasteiger partial charge in [0.05, 0.1) is 5.02 Å². The van der Waals surface area contributed by atoms with Gasteiger partial charge in [-0.1, -0.05) is 29.3 Å². The van der Waals surface area contributed by atoms with Crippen LogP contribution in [0.3, 0.4) is 0 Å². The first-order valence-corrected chi connectivity index (χ1v) is 7.77. The summed E-state index contributed by atoms with van der Waals surface area (Å²) in [4.78, 5) is 14.6. The number of halogens is 2. The van der Waals surface area contributed by atoms with E-state index < -0.39 is 15.9 Å². The summed E-state index contributed by atoms with van der Waals surface area (Å²) in [6, 6.07) is 6.96. The van der Waals surface area contributed by atoms with E-state index in [9.17, 15) is 13.2 Å². The van der Waals surface area contributed by atoms with Crippen molar-refractivity contribution in [2.75, 3.05) is 4.72 Å². The molecule has 0 atom stereocenters. The van der Waals surface area contributed by atoms with Gasteiger partial charge in [-0.05, 0) is 24.3 Å². The molecule has 0 aliphatic carbocycles. The molecular formula is C12H9Cl2N3O3S. The van der Waals surface area contributed by atoms with Crippen LogP contribution in [0.5, 0.6) is 0 Å². The summed E-state index contributed by atoms with van der Waals surface area (Å²) in [6.07, 6.45) is 1.08. The monoisotopic (exact) mass is 345 g/mol. The number of hydrogen-bond acceptors (Lipinski definition) is 4. The van der Waals surface area contributed by atoms with Gasteiger partial charge >= 0.3 is 0 Å². The Balaban J connectivity index is 2.35. The molecule has 0 saturated heterocycles. The molecular weight excluding hydrogens is 337 g/mol. The zero-order valence-corrected chi connectivity index (χ0v) is 12.7. The van der Waals surface area contributed by atoms with Crippen molar-refractivity contribution < 1.29 is 13.2 Å². The summed E-state index contributed by atoms with van der Waals surface area (Å²) in [5.74, 6) is -0.660. The molecule has 2 aromatic rings. The number of benzene rings is 1. The maximum atomic E-state index is 12.2. The van der Waals surface area contributed by atoms with E-state index in [0.29, 0.717) is 0 Å². The Kier molecular flexibility index (Phi) is 4.36. The van der Waals surface area contributed by atoms with E-state index in [2.05, 4.69) is 9.71 Å². The van der Waals surface area contributed by atoms with Crippen LogP contribution in [-0.2, 0) is 10.0 Å². The second-order valence-electron chi connectivity index (χ2n) is 3.99. The second kappa shape index (κ2) is 5.88. The Bertz CT molecular complexity index is 809. The molecule has 0 aliphatic heterocycles. The molecule has 21 heavy (non-hydrogen) atoms. The largest absolute Gasteiger partial charge is 0.366 e. The highest BCUT2D eigenvalue weighted by Gasteiger charge is 2.17. The van der Waals surface area contributed by atoms with Crippen molar-refractivity contribution in [1.29, 1.82) is 0 Å². The number of anilines is 1. The van der Waals surface area contributed by atoms with Gasteiger partial charge in [0.15, 0.2) is 0 Å². The summed E-state index contributed by atoms with van der Waals surface area (Å²) in [7, 11) is -3.90. The molecule has 1 heterocycles. The third-order valence-corrected chi connectivity index (χ3v) is 4.52. The molecule has 1 amide bonds. The molecule has 1 aromatic heterocycles. The van der Waals surface area contributed by atoms with Gasteiger partial charge in [0.2, 0.25) is 5.91 Å². The number of pyridine rings is 1. The van der Waals surface area contributed by atoms with Gasteiger partial charge < -0.3 is 5.73 Å². The van der Waals surface area contributed by atoms with Crippen molar-refractivity contribution in [3.8, 4) is 0 Å². The fourth-order valence-corrected chi connectivity index (χ4v) is 2.85. The average Bonchev–Trinajstić information content (AvgIpc) is 2.41. The van der Waals surface area contributed by atoms with E-state index in [1.807, 2.05) is 0 Å². The van der Waals surface area contributed by atoms with E-state index in [0.717, 1.165) is 6.20 Å². The lowest BCUT2D eigenvalue weighted by molar-refractivity contribution is 0.100. The van der Waals surface area contributed by atoms with E-state index in [4.69, 9.17) is 28.9 Å². The number of amides is 1. The summed E-state index contributed by atoms with van der Waals surface area (Å²) in [6.45, 7) is 0. The third kappa shape index (κ3) is 3.63. The van der Waals surface area contributed by atoms with Crippen molar-refractivity contribution in [2.24, 2.45) is 5.73 Å². The van der Waals surface area contributed by atoms with Gasteiger partial charge in [0, 0.05) is 17.4 Å². The van der Waals surface area contributed by atoms with Gasteiger partial charge in [-0.25, -0.2) is 13.4 Å². The predicted octanol–water partition coefficient (Wildman–Crippen LogP) is 2.29. The van der Waals surface area contributed by atoms with Crippen molar-refractivity contribution in [2.45, 2.75) is 4.90 Å². The van der Waals surface area contributed by atoms with Crippen LogP contribution in [0, 0.1) is 0 Å². The van der Waals surface area contributed by atoms with Gasteiger partial charge in [-0.3, -0.25) is 9.52 Å². The zero-order chi connectivity index (χ0) is 15.6. The lowest BCUT2D eigenvalue weighted by atomic mass is 10.2. The van der Waals surface area contributed by atoms with Crippen LogP contribution in [-0.4, -0.2) is 19.3 Å². The van der Waals surface area contributed by atoms with Crippen LogP contribution in [0.4, 0.5) is 5.69 Å². The third-order valence-electron chi connectivity index (χ3n) is 2.48. The van der Waals surface area contributed by atoms with Crippen LogP contribution in [0.25, 0.3) is 0 Å². The molecule has 9 heteroatoms. The maximum Gasteiger partial charge on any atom is 0.263 e. The normalized spacial score (nSPS) is 11.1. The second-order valence-corrected chi connectivity index (χ2v) is 6.44. The molecule has 110 valence electrons. The van der Waals surface area contributed by atoms with Crippen LogP contribution in [0.1, 0.15) is 10.4 Å². The fourth-order valence-electron chi connectivity index (χ4n) is 1.50.